The Morgan fingerprint density at radius 2 is 0.423 bits per heavy atom. The third-order valence-electron chi connectivity index (χ3n) is 26.4. The van der Waals surface area contributed by atoms with Crippen LogP contribution >= 0.6 is 22.7 Å². The molecule has 0 bridgehead atoms. The zero-order valence-electron chi connectivity index (χ0n) is 73.2. The average molecular weight is 1800 g/mol. The lowest BCUT2D eigenvalue weighted by Gasteiger charge is -2.25. The van der Waals surface area contributed by atoms with E-state index in [9.17, 15) is 0 Å². The van der Waals surface area contributed by atoms with Crippen LogP contribution in [0.2, 0.25) is 0 Å². The van der Waals surface area contributed by atoms with Crippen molar-refractivity contribution in [3.8, 4) is 44.5 Å². The quantitative estimate of drug-likeness (QED) is 0.109. The van der Waals surface area contributed by atoms with Gasteiger partial charge in [-0.1, -0.05) is 237 Å². The molecule has 29 aromatic rings. The molecule has 137 heavy (non-hydrogen) atoms. The fourth-order valence-corrected chi connectivity index (χ4v) is 22.2. The molecule has 12 nitrogen and oxygen atoms in total. The minimum atomic E-state index is 0.788. The number of hydrogen-bond donors (Lipinski definition) is 0. The first kappa shape index (κ1) is 78.9. The van der Waals surface area contributed by atoms with Crippen molar-refractivity contribution in [3.63, 3.8) is 0 Å². The summed E-state index contributed by atoms with van der Waals surface area (Å²) in [6, 6.07) is 150. The maximum Gasteiger partial charge on any atom is 0.137 e. The number of rotatable bonds is 13. The molecule has 0 atom stereocenters. The predicted molar refractivity (Wildman–Crippen MR) is 568 cm³/mol. The number of furan rings is 6. The number of hydrogen-bond acceptors (Lipinski definition) is 14. The van der Waals surface area contributed by atoms with E-state index in [1.165, 1.54) is 51.5 Å². The highest BCUT2D eigenvalue weighted by Crippen LogP contribution is 2.50. The molecule has 0 amide bonds. The second-order valence-corrected chi connectivity index (χ2v) is 36.5. The van der Waals surface area contributed by atoms with Crippen molar-refractivity contribution in [2.24, 2.45) is 0 Å². The number of para-hydroxylation sites is 6. The van der Waals surface area contributed by atoms with Crippen LogP contribution in [0.15, 0.2) is 476 Å². The summed E-state index contributed by atoms with van der Waals surface area (Å²) in [6.07, 6.45) is 5.86. The average Bonchev–Trinajstić information content (AvgIpc) is 1.61. The Bertz CT molecular complexity index is 9780. The van der Waals surface area contributed by atoms with Crippen LogP contribution in [0.4, 0.5) is 51.6 Å². The molecule has 14 heteroatoms. The lowest BCUT2D eigenvalue weighted by molar-refractivity contribution is 0.668. The first-order chi connectivity index (χ1) is 67.8. The van der Waals surface area contributed by atoms with Gasteiger partial charge >= 0.3 is 0 Å². The zero-order valence-corrected chi connectivity index (χ0v) is 74.8. The number of thiophene rings is 2. The summed E-state index contributed by atoms with van der Waals surface area (Å²) in [4.78, 5) is 21.9. The van der Waals surface area contributed by atoms with Crippen LogP contribution in [0.25, 0.3) is 216 Å². The van der Waals surface area contributed by atoms with E-state index in [2.05, 4.69) is 336 Å². The maximum absolute atomic E-state index is 6.33. The summed E-state index contributed by atoms with van der Waals surface area (Å²) >= 11 is 3.63. The molecule has 11 heterocycles. The highest BCUT2D eigenvalue weighted by Gasteiger charge is 2.26. The summed E-state index contributed by atoms with van der Waals surface area (Å²) < 4.78 is 42.4. The molecule has 0 spiro atoms. The predicted octanol–water partition coefficient (Wildman–Crippen LogP) is 36.5. The highest BCUT2D eigenvalue weighted by molar-refractivity contribution is 7.27. The van der Waals surface area contributed by atoms with E-state index in [1.54, 1.807) is 0 Å². The molecule has 0 unspecified atom stereocenters. The SMILES string of the molecule is c1ccc(-c2ccc(-c3ccc(N(c4ccc5c(c4)oc4ccccc45)c4cccc5c4sc4ccccc45)nc3)cc2)cc1.c1ccc2c(c1)oc1cc(-c3ccc(N(c4ccc5c(c4)oc4ccccc45)c4ccc5oc6ccccc6c5c4)nc3)ccc12.c1ccc2c(c1)oc1cc(-c3ccc(N(c4ccc5c(c4)oc4ccccc45)c4cccc5c4sc4ccccc45)nc3)ccc12. The van der Waals surface area contributed by atoms with Gasteiger partial charge in [-0.15, -0.1) is 22.7 Å². The lowest BCUT2D eigenvalue weighted by atomic mass is 10.0. The van der Waals surface area contributed by atoms with Crippen LogP contribution in [0.3, 0.4) is 0 Å². The standard InChI is InChI=1S/C41H24N2O3.C41H24N2O2S.C41H26N2OS/c1-4-10-35-29(7-1)32-17-13-25(21-39(32)45-35)26-14-20-41(42-24-26)43(27-16-19-38-34(22-27)31-9-3-6-12-37(31)44-38)28-15-18-33-30-8-2-5-11-36(30)46-40(33)23-28;1-4-13-35-28(8-1)30-19-16-25(22-37(30)44-35)26-17-21-40(42-24-26)43(27-18-20-31-29-9-2-5-14-36(29)45-38(31)23-27)34-12-7-11-33-32-10-3-6-15-39(32)46-41(33)34;1-2-9-27(10-3-1)28-17-19-29(20-18-28)30-21-24-40(42-26-30)43(31-22-23-33-32-11-4-6-15-37(32)44-38(33)25-31)36-14-8-13-35-34-12-5-7-16-39(34)45-41(35)36/h2*1-24H;1-26H. The Balaban J connectivity index is 0.000000104. The Morgan fingerprint density at radius 3 is 0.818 bits per heavy atom. The van der Waals surface area contributed by atoms with E-state index >= 15 is 0 Å². The van der Waals surface area contributed by atoms with Gasteiger partial charge in [-0.25, -0.2) is 15.0 Å². The van der Waals surface area contributed by atoms with Crippen LogP contribution in [-0.4, -0.2) is 15.0 Å². The summed E-state index contributed by atoms with van der Waals surface area (Å²) in [6.45, 7) is 0. The number of aromatic nitrogens is 3. The number of fused-ring (bicyclic) bond motifs is 24. The Labute approximate surface area is 790 Å². The minimum Gasteiger partial charge on any atom is -0.456 e. The molecule has 0 saturated heterocycles. The fourth-order valence-electron chi connectivity index (χ4n) is 19.8. The van der Waals surface area contributed by atoms with E-state index in [1.807, 2.05) is 150 Å². The first-order valence-corrected chi connectivity index (χ1v) is 47.2. The minimum absolute atomic E-state index is 0.788. The third kappa shape index (κ3) is 13.7. The van der Waals surface area contributed by atoms with Crippen molar-refractivity contribution in [1.29, 1.82) is 0 Å². The van der Waals surface area contributed by atoms with Crippen molar-refractivity contribution in [1.82, 2.24) is 15.0 Å². The topological polar surface area (TPSA) is 127 Å². The molecule has 0 aliphatic rings. The molecule has 0 saturated carbocycles. The highest BCUT2D eigenvalue weighted by atomic mass is 32.1. The van der Waals surface area contributed by atoms with Crippen LogP contribution in [-0.2, 0) is 0 Å². The van der Waals surface area contributed by atoms with E-state index in [-0.39, 0.29) is 0 Å². The molecule has 0 aliphatic heterocycles. The van der Waals surface area contributed by atoms with Crippen molar-refractivity contribution in [2.45, 2.75) is 0 Å². The largest absolute Gasteiger partial charge is 0.456 e. The van der Waals surface area contributed by atoms with Crippen molar-refractivity contribution in [3.05, 3.63) is 449 Å². The summed E-state index contributed by atoms with van der Waals surface area (Å²) in [5.74, 6) is 2.46. The second-order valence-electron chi connectivity index (χ2n) is 34.4. The summed E-state index contributed by atoms with van der Waals surface area (Å²) in [5.41, 5.74) is 25.3. The Hall–Kier alpha value is -18.0. The summed E-state index contributed by atoms with van der Waals surface area (Å²) in [5, 5.41) is 18.3. The van der Waals surface area contributed by atoms with Gasteiger partial charge in [-0.2, -0.15) is 0 Å². The van der Waals surface area contributed by atoms with Gasteiger partial charge in [-0.3, -0.25) is 14.7 Å². The molecule has 29 rings (SSSR count). The van der Waals surface area contributed by atoms with Crippen molar-refractivity contribution >= 4 is 246 Å². The van der Waals surface area contributed by atoms with Gasteiger partial charge in [0.1, 0.15) is 84.4 Å². The zero-order chi connectivity index (χ0) is 90.1. The van der Waals surface area contributed by atoms with Gasteiger partial charge < -0.3 is 26.5 Å². The third-order valence-corrected chi connectivity index (χ3v) is 28.8. The van der Waals surface area contributed by atoms with Crippen LogP contribution in [0.5, 0.6) is 0 Å². The van der Waals surface area contributed by atoms with E-state index in [0.29, 0.717) is 0 Å². The molecule has 0 N–H and O–H groups in total. The molecule has 0 radical (unpaired) electrons. The molecular formula is C123H74N6O6S2. The molecule has 0 fully saturated rings. The van der Waals surface area contributed by atoms with E-state index < -0.39 is 0 Å². The Morgan fingerprint density at radius 1 is 0.161 bits per heavy atom. The number of benzene rings is 18. The lowest BCUT2D eigenvalue weighted by Crippen LogP contribution is -2.11. The van der Waals surface area contributed by atoms with Gasteiger partial charge in [0, 0.05) is 155 Å². The molecule has 18 aromatic carbocycles. The number of pyridine rings is 3. The van der Waals surface area contributed by atoms with Gasteiger partial charge in [0.15, 0.2) is 0 Å². The van der Waals surface area contributed by atoms with Crippen LogP contribution in [0, 0.1) is 0 Å². The first-order valence-electron chi connectivity index (χ1n) is 45.6. The number of anilines is 9. The Kier molecular flexibility index (Phi) is 18.7. The van der Waals surface area contributed by atoms with Gasteiger partial charge in [-0.05, 0) is 204 Å². The smallest absolute Gasteiger partial charge is 0.137 e. The molecule has 0 aliphatic carbocycles. The van der Waals surface area contributed by atoms with E-state index in [4.69, 9.17) is 41.5 Å². The molecule has 644 valence electrons. The van der Waals surface area contributed by atoms with E-state index in [0.717, 1.165) is 217 Å². The van der Waals surface area contributed by atoms with Crippen LogP contribution in [0.1, 0.15) is 0 Å². The van der Waals surface area contributed by atoms with Gasteiger partial charge in [0.25, 0.3) is 0 Å². The van der Waals surface area contributed by atoms with Crippen molar-refractivity contribution < 1.29 is 26.5 Å². The van der Waals surface area contributed by atoms with Crippen molar-refractivity contribution in [2.75, 3.05) is 14.7 Å². The molecular weight excluding hydrogens is 1720 g/mol. The molecule has 11 aromatic heterocycles. The van der Waals surface area contributed by atoms with Gasteiger partial charge in [0.05, 0.1) is 37.8 Å². The monoisotopic (exact) mass is 1790 g/mol. The number of nitrogens with zero attached hydrogens (tertiary/aromatic N) is 6. The van der Waals surface area contributed by atoms with Gasteiger partial charge in [0.2, 0.25) is 0 Å². The maximum atomic E-state index is 6.33. The fraction of sp³-hybridized carbons (Fsp3) is 0. The van der Waals surface area contributed by atoms with Crippen LogP contribution < -0.4 is 14.7 Å². The summed E-state index contributed by atoms with van der Waals surface area (Å²) in [7, 11) is 0. The second kappa shape index (κ2) is 32.5. The normalized spacial score (nSPS) is 11.8.